The fourth-order valence-electron chi connectivity index (χ4n) is 4.47. The SMILES string of the molecule is CCNC(=NC[C@H]1CCCN1S(C)(=O)=O)N1CCCC2(CNC(=O)C2)C1. The first kappa shape index (κ1) is 19.4. The van der Waals surface area contributed by atoms with E-state index in [1.54, 1.807) is 4.31 Å². The largest absolute Gasteiger partial charge is 0.357 e. The van der Waals surface area contributed by atoms with Crippen molar-refractivity contribution in [3.63, 3.8) is 0 Å². The standard InChI is InChI=1S/C17H31N5O3S/c1-3-18-16(19-11-14-6-4-9-22(14)26(2,24)25)21-8-5-7-17(13-21)10-15(23)20-12-17/h14H,3-13H2,1-2H3,(H,18,19)(H,20,23)/t14-,17?/m1/s1. The van der Waals surface area contributed by atoms with Gasteiger partial charge >= 0.3 is 0 Å². The van der Waals surface area contributed by atoms with Crippen LogP contribution >= 0.6 is 0 Å². The van der Waals surface area contributed by atoms with E-state index in [0.717, 1.165) is 57.8 Å². The van der Waals surface area contributed by atoms with Gasteiger partial charge in [0, 0.05) is 50.6 Å². The van der Waals surface area contributed by atoms with Crippen molar-refractivity contribution < 1.29 is 13.2 Å². The van der Waals surface area contributed by atoms with Crippen LogP contribution < -0.4 is 10.6 Å². The Labute approximate surface area is 156 Å². The first-order valence-electron chi connectivity index (χ1n) is 9.60. The summed E-state index contributed by atoms with van der Waals surface area (Å²) >= 11 is 0. The number of hydrogen-bond acceptors (Lipinski definition) is 4. The molecule has 2 N–H and O–H groups in total. The molecule has 148 valence electrons. The molecule has 3 rings (SSSR count). The van der Waals surface area contributed by atoms with Crippen molar-refractivity contribution >= 4 is 21.9 Å². The average Bonchev–Trinajstić information content (AvgIpc) is 3.18. The van der Waals surface area contributed by atoms with Crippen LogP contribution in [0.15, 0.2) is 4.99 Å². The summed E-state index contributed by atoms with van der Waals surface area (Å²) in [6, 6.07) is -0.0490. The normalized spacial score (nSPS) is 30.8. The van der Waals surface area contributed by atoms with Crippen molar-refractivity contribution in [1.82, 2.24) is 19.8 Å². The third kappa shape index (κ3) is 4.31. The summed E-state index contributed by atoms with van der Waals surface area (Å²) < 4.78 is 25.4. The van der Waals surface area contributed by atoms with E-state index in [1.165, 1.54) is 6.26 Å². The molecular formula is C17H31N5O3S. The average molecular weight is 386 g/mol. The summed E-state index contributed by atoms with van der Waals surface area (Å²) in [7, 11) is -3.18. The van der Waals surface area contributed by atoms with Crippen LogP contribution in [-0.2, 0) is 14.8 Å². The van der Waals surface area contributed by atoms with Crippen LogP contribution in [0.25, 0.3) is 0 Å². The zero-order valence-electron chi connectivity index (χ0n) is 15.8. The molecule has 3 aliphatic heterocycles. The minimum Gasteiger partial charge on any atom is -0.357 e. The van der Waals surface area contributed by atoms with E-state index in [2.05, 4.69) is 15.5 Å². The molecule has 2 atom stereocenters. The van der Waals surface area contributed by atoms with Gasteiger partial charge in [0.25, 0.3) is 0 Å². The molecule has 0 aromatic carbocycles. The topological polar surface area (TPSA) is 94.1 Å². The maximum absolute atomic E-state index is 11.9. The molecule has 3 fully saturated rings. The highest BCUT2D eigenvalue weighted by Crippen LogP contribution is 2.36. The highest BCUT2D eigenvalue weighted by molar-refractivity contribution is 7.88. The van der Waals surface area contributed by atoms with Gasteiger partial charge in [0.1, 0.15) is 0 Å². The number of guanidine groups is 1. The van der Waals surface area contributed by atoms with E-state index in [1.807, 2.05) is 6.92 Å². The zero-order valence-corrected chi connectivity index (χ0v) is 16.6. The minimum atomic E-state index is -3.18. The smallest absolute Gasteiger partial charge is 0.220 e. The second-order valence-corrected chi connectivity index (χ2v) is 9.78. The van der Waals surface area contributed by atoms with Crippen molar-refractivity contribution in [1.29, 1.82) is 0 Å². The molecule has 3 heterocycles. The first-order valence-corrected chi connectivity index (χ1v) is 11.4. The number of nitrogens with zero attached hydrogens (tertiary/aromatic N) is 3. The third-order valence-electron chi connectivity index (χ3n) is 5.69. The predicted octanol–water partition coefficient (Wildman–Crippen LogP) is -0.0220. The molecule has 0 aromatic rings. The minimum absolute atomic E-state index is 0.0116. The number of rotatable bonds is 4. The number of nitrogens with one attached hydrogen (secondary N) is 2. The quantitative estimate of drug-likeness (QED) is 0.524. The van der Waals surface area contributed by atoms with Gasteiger partial charge in [0.05, 0.1) is 12.8 Å². The van der Waals surface area contributed by atoms with Gasteiger partial charge in [-0.15, -0.1) is 0 Å². The van der Waals surface area contributed by atoms with Crippen molar-refractivity contribution in [2.75, 3.05) is 45.5 Å². The van der Waals surface area contributed by atoms with E-state index < -0.39 is 10.0 Å². The highest BCUT2D eigenvalue weighted by Gasteiger charge is 2.42. The van der Waals surface area contributed by atoms with Crippen LogP contribution in [-0.4, -0.2) is 81.1 Å². The van der Waals surface area contributed by atoms with Gasteiger partial charge in [-0.25, -0.2) is 8.42 Å². The van der Waals surface area contributed by atoms with E-state index in [-0.39, 0.29) is 17.4 Å². The predicted molar refractivity (Wildman–Crippen MR) is 101 cm³/mol. The fraction of sp³-hybridized carbons (Fsp3) is 0.882. The first-order chi connectivity index (χ1) is 12.3. The molecule has 26 heavy (non-hydrogen) atoms. The second kappa shape index (κ2) is 7.72. The highest BCUT2D eigenvalue weighted by atomic mass is 32.2. The number of aliphatic imine (C=N–C) groups is 1. The van der Waals surface area contributed by atoms with Gasteiger partial charge in [-0.05, 0) is 32.6 Å². The summed E-state index contributed by atoms with van der Waals surface area (Å²) in [5.41, 5.74) is 0.0116. The maximum Gasteiger partial charge on any atom is 0.220 e. The van der Waals surface area contributed by atoms with Crippen LogP contribution in [0.2, 0.25) is 0 Å². The molecular weight excluding hydrogens is 354 g/mol. The van der Waals surface area contributed by atoms with Gasteiger partial charge < -0.3 is 15.5 Å². The number of carbonyl (C=O) groups excluding carboxylic acids is 1. The van der Waals surface area contributed by atoms with E-state index in [9.17, 15) is 13.2 Å². The number of piperidine rings is 1. The van der Waals surface area contributed by atoms with Crippen LogP contribution in [0.1, 0.15) is 39.0 Å². The number of amides is 1. The van der Waals surface area contributed by atoms with Gasteiger partial charge in [-0.3, -0.25) is 9.79 Å². The Morgan fingerprint density at radius 1 is 1.38 bits per heavy atom. The van der Waals surface area contributed by atoms with Crippen LogP contribution in [0, 0.1) is 5.41 Å². The number of hydrogen-bond donors (Lipinski definition) is 2. The third-order valence-corrected chi connectivity index (χ3v) is 7.03. The summed E-state index contributed by atoms with van der Waals surface area (Å²) in [5, 5.41) is 6.32. The van der Waals surface area contributed by atoms with Crippen LogP contribution in [0.3, 0.4) is 0 Å². The monoisotopic (exact) mass is 385 g/mol. The summed E-state index contributed by atoms with van der Waals surface area (Å²) in [4.78, 5) is 18.7. The molecule has 1 spiro atoms. The Hall–Kier alpha value is -1.35. The fourth-order valence-corrected chi connectivity index (χ4v) is 5.65. The summed E-state index contributed by atoms with van der Waals surface area (Å²) in [6.07, 6.45) is 5.72. The number of sulfonamides is 1. The molecule has 8 nitrogen and oxygen atoms in total. The van der Waals surface area contributed by atoms with E-state index >= 15 is 0 Å². The molecule has 9 heteroatoms. The molecule has 0 aliphatic carbocycles. The molecule has 1 unspecified atom stereocenters. The number of carbonyl (C=O) groups is 1. The van der Waals surface area contributed by atoms with Gasteiger partial charge in [0.15, 0.2) is 5.96 Å². The van der Waals surface area contributed by atoms with E-state index in [0.29, 0.717) is 19.5 Å². The summed E-state index contributed by atoms with van der Waals surface area (Å²) in [6.45, 7) is 6.35. The van der Waals surface area contributed by atoms with Crippen molar-refractivity contribution in [3.8, 4) is 0 Å². The Kier molecular flexibility index (Phi) is 5.76. The number of likely N-dealkylation sites (tertiary alicyclic amines) is 1. The molecule has 0 bridgehead atoms. The lowest BCUT2D eigenvalue weighted by molar-refractivity contribution is -0.119. The Morgan fingerprint density at radius 3 is 2.85 bits per heavy atom. The molecule has 0 radical (unpaired) electrons. The molecule has 3 saturated heterocycles. The Bertz CT molecular complexity index is 665. The van der Waals surface area contributed by atoms with Crippen molar-refractivity contribution in [3.05, 3.63) is 0 Å². The molecule has 0 aromatic heterocycles. The summed E-state index contributed by atoms with van der Waals surface area (Å²) in [5.74, 6) is 0.981. The van der Waals surface area contributed by atoms with Crippen molar-refractivity contribution in [2.24, 2.45) is 10.4 Å². The van der Waals surface area contributed by atoms with Crippen LogP contribution in [0.4, 0.5) is 0 Å². The lowest BCUT2D eigenvalue weighted by Gasteiger charge is -2.41. The Morgan fingerprint density at radius 2 is 2.19 bits per heavy atom. The lowest BCUT2D eigenvalue weighted by atomic mass is 9.79. The molecule has 3 aliphatic rings. The molecule has 1 amide bonds. The van der Waals surface area contributed by atoms with Gasteiger partial charge in [-0.2, -0.15) is 4.31 Å². The Balaban J connectivity index is 1.70. The zero-order chi connectivity index (χ0) is 18.8. The van der Waals surface area contributed by atoms with Gasteiger partial charge in [-0.1, -0.05) is 0 Å². The van der Waals surface area contributed by atoms with Crippen LogP contribution in [0.5, 0.6) is 0 Å². The van der Waals surface area contributed by atoms with Gasteiger partial charge in [0.2, 0.25) is 15.9 Å². The lowest BCUT2D eigenvalue weighted by Crippen LogP contribution is -2.51. The maximum atomic E-state index is 11.9. The molecule has 0 saturated carbocycles. The van der Waals surface area contributed by atoms with Crippen molar-refractivity contribution in [2.45, 2.75) is 45.1 Å². The van der Waals surface area contributed by atoms with E-state index in [4.69, 9.17) is 4.99 Å². The second-order valence-electron chi connectivity index (χ2n) is 7.84.